The highest BCUT2D eigenvalue weighted by Gasteiger charge is 2.32. The van der Waals surface area contributed by atoms with Crippen LogP contribution in [-0.2, 0) is 26.0 Å². The number of carbonyl (C=O) groups is 2. The highest BCUT2D eigenvalue weighted by Crippen LogP contribution is 2.31. The van der Waals surface area contributed by atoms with Crippen molar-refractivity contribution in [2.75, 3.05) is 38.1 Å². The van der Waals surface area contributed by atoms with E-state index in [0.717, 1.165) is 11.3 Å². The SMILES string of the molecule is CC(=O)N1CCc2cc(S(=O)(=O)N3CCN(C)C(=O)C3)ccc21. The Balaban J connectivity index is 1.90. The molecule has 1 aromatic rings. The van der Waals surface area contributed by atoms with Crippen LogP contribution in [0.2, 0.25) is 0 Å². The number of rotatable bonds is 2. The van der Waals surface area contributed by atoms with E-state index in [4.69, 9.17) is 0 Å². The number of benzene rings is 1. The summed E-state index contributed by atoms with van der Waals surface area (Å²) >= 11 is 0. The number of likely N-dealkylation sites (N-methyl/N-ethyl adjacent to an activating group) is 1. The number of hydrogen-bond donors (Lipinski definition) is 0. The van der Waals surface area contributed by atoms with Crippen molar-refractivity contribution in [2.45, 2.75) is 18.2 Å². The van der Waals surface area contributed by atoms with E-state index < -0.39 is 10.0 Å². The van der Waals surface area contributed by atoms with Gasteiger partial charge in [-0.25, -0.2) is 8.42 Å². The minimum Gasteiger partial charge on any atom is -0.343 e. The Kier molecular flexibility index (Phi) is 3.89. The summed E-state index contributed by atoms with van der Waals surface area (Å²) in [7, 11) is -2.03. The van der Waals surface area contributed by atoms with E-state index in [1.807, 2.05) is 0 Å². The smallest absolute Gasteiger partial charge is 0.243 e. The molecule has 0 bridgehead atoms. The Labute approximate surface area is 135 Å². The lowest BCUT2D eigenvalue weighted by Gasteiger charge is -2.31. The largest absolute Gasteiger partial charge is 0.343 e. The quantitative estimate of drug-likeness (QED) is 0.764. The highest BCUT2D eigenvalue weighted by atomic mass is 32.2. The molecule has 0 radical (unpaired) electrons. The van der Waals surface area contributed by atoms with E-state index in [9.17, 15) is 18.0 Å². The predicted molar refractivity (Wildman–Crippen MR) is 84.6 cm³/mol. The van der Waals surface area contributed by atoms with Gasteiger partial charge in [-0.1, -0.05) is 0 Å². The maximum atomic E-state index is 12.7. The van der Waals surface area contributed by atoms with Crippen LogP contribution in [0.15, 0.2) is 23.1 Å². The molecule has 23 heavy (non-hydrogen) atoms. The van der Waals surface area contributed by atoms with E-state index in [1.54, 1.807) is 24.1 Å². The van der Waals surface area contributed by atoms with Crippen molar-refractivity contribution >= 4 is 27.5 Å². The first-order valence-corrected chi connectivity index (χ1v) is 8.90. The van der Waals surface area contributed by atoms with E-state index in [2.05, 4.69) is 0 Å². The fraction of sp³-hybridized carbons (Fsp3) is 0.467. The number of fused-ring (bicyclic) bond motifs is 1. The zero-order chi connectivity index (χ0) is 16.8. The lowest BCUT2D eigenvalue weighted by Crippen LogP contribution is -2.50. The van der Waals surface area contributed by atoms with Crippen molar-refractivity contribution in [1.29, 1.82) is 0 Å². The lowest BCUT2D eigenvalue weighted by molar-refractivity contribution is -0.132. The molecule has 0 saturated carbocycles. The maximum Gasteiger partial charge on any atom is 0.243 e. The van der Waals surface area contributed by atoms with Crippen LogP contribution in [0.5, 0.6) is 0 Å². The van der Waals surface area contributed by atoms with Crippen molar-refractivity contribution < 1.29 is 18.0 Å². The van der Waals surface area contributed by atoms with E-state index in [0.29, 0.717) is 26.1 Å². The highest BCUT2D eigenvalue weighted by molar-refractivity contribution is 7.89. The summed E-state index contributed by atoms with van der Waals surface area (Å²) in [5.74, 6) is -0.257. The second-order valence-electron chi connectivity index (χ2n) is 5.87. The predicted octanol–water partition coefficient (Wildman–Crippen LogP) is 0.0583. The van der Waals surface area contributed by atoms with Crippen molar-refractivity contribution in [3.05, 3.63) is 23.8 Å². The molecule has 1 fully saturated rings. The molecule has 124 valence electrons. The van der Waals surface area contributed by atoms with Gasteiger partial charge in [0, 0.05) is 39.3 Å². The van der Waals surface area contributed by atoms with Gasteiger partial charge in [-0.3, -0.25) is 9.59 Å². The molecule has 0 N–H and O–H groups in total. The Morgan fingerprint density at radius 3 is 2.57 bits per heavy atom. The van der Waals surface area contributed by atoms with Crippen LogP contribution in [0.3, 0.4) is 0 Å². The first-order chi connectivity index (χ1) is 10.8. The fourth-order valence-corrected chi connectivity index (χ4v) is 4.39. The minimum absolute atomic E-state index is 0.0518. The average Bonchev–Trinajstić information content (AvgIpc) is 2.93. The molecule has 0 aromatic heterocycles. The molecule has 0 spiro atoms. The van der Waals surface area contributed by atoms with Gasteiger partial charge in [-0.2, -0.15) is 4.31 Å². The second kappa shape index (κ2) is 5.61. The van der Waals surface area contributed by atoms with Gasteiger partial charge >= 0.3 is 0 Å². The third-order valence-electron chi connectivity index (χ3n) is 4.39. The number of anilines is 1. The summed E-state index contributed by atoms with van der Waals surface area (Å²) in [4.78, 5) is 26.7. The zero-order valence-electron chi connectivity index (χ0n) is 13.2. The maximum absolute atomic E-state index is 12.7. The van der Waals surface area contributed by atoms with Crippen LogP contribution < -0.4 is 4.90 Å². The first-order valence-electron chi connectivity index (χ1n) is 7.46. The minimum atomic E-state index is -3.70. The van der Waals surface area contributed by atoms with E-state index >= 15 is 0 Å². The molecular weight excluding hydrogens is 318 g/mol. The van der Waals surface area contributed by atoms with Gasteiger partial charge in [-0.15, -0.1) is 0 Å². The normalized spacial score (nSPS) is 19.1. The van der Waals surface area contributed by atoms with Crippen molar-refractivity contribution in [2.24, 2.45) is 0 Å². The third-order valence-corrected chi connectivity index (χ3v) is 6.23. The second-order valence-corrected chi connectivity index (χ2v) is 7.80. The summed E-state index contributed by atoms with van der Waals surface area (Å²) in [5.41, 5.74) is 1.62. The lowest BCUT2D eigenvalue weighted by atomic mass is 10.2. The molecule has 8 heteroatoms. The van der Waals surface area contributed by atoms with Gasteiger partial charge in [0.05, 0.1) is 11.4 Å². The Hall–Kier alpha value is -1.93. The van der Waals surface area contributed by atoms with Gasteiger partial charge in [0.2, 0.25) is 21.8 Å². The van der Waals surface area contributed by atoms with Gasteiger partial charge in [0.1, 0.15) is 0 Å². The molecule has 2 heterocycles. The summed E-state index contributed by atoms with van der Waals surface area (Å²) in [6.45, 7) is 2.62. The molecule has 2 aliphatic rings. The number of nitrogens with zero attached hydrogens (tertiary/aromatic N) is 3. The van der Waals surface area contributed by atoms with Gasteiger partial charge in [0.15, 0.2) is 0 Å². The number of carbonyl (C=O) groups excluding carboxylic acids is 2. The Morgan fingerprint density at radius 1 is 1.17 bits per heavy atom. The van der Waals surface area contributed by atoms with Crippen LogP contribution in [-0.4, -0.2) is 62.7 Å². The van der Waals surface area contributed by atoms with E-state index in [1.165, 1.54) is 22.2 Å². The van der Waals surface area contributed by atoms with Crippen LogP contribution in [0, 0.1) is 0 Å². The molecule has 1 saturated heterocycles. The molecule has 2 amide bonds. The monoisotopic (exact) mass is 337 g/mol. The molecule has 0 atom stereocenters. The third kappa shape index (κ3) is 2.72. The Morgan fingerprint density at radius 2 is 1.91 bits per heavy atom. The summed E-state index contributed by atoms with van der Waals surface area (Å²) in [5, 5.41) is 0. The summed E-state index contributed by atoms with van der Waals surface area (Å²) in [6.07, 6.45) is 0.639. The fourth-order valence-electron chi connectivity index (χ4n) is 2.96. The van der Waals surface area contributed by atoms with Gasteiger partial charge in [-0.05, 0) is 30.2 Å². The molecule has 0 unspecified atom stereocenters. The number of amides is 2. The molecule has 0 aliphatic carbocycles. The topological polar surface area (TPSA) is 78.0 Å². The van der Waals surface area contributed by atoms with E-state index in [-0.39, 0.29) is 23.3 Å². The zero-order valence-corrected chi connectivity index (χ0v) is 14.0. The number of piperazine rings is 1. The Bertz CT molecular complexity index is 775. The first kappa shape index (κ1) is 15.9. The molecular formula is C15H19N3O4S. The number of hydrogen-bond acceptors (Lipinski definition) is 4. The van der Waals surface area contributed by atoms with Crippen LogP contribution >= 0.6 is 0 Å². The van der Waals surface area contributed by atoms with Crippen LogP contribution in [0.25, 0.3) is 0 Å². The van der Waals surface area contributed by atoms with Gasteiger partial charge < -0.3 is 9.80 Å². The average molecular weight is 337 g/mol. The van der Waals surface area contributed by atoms with Crippen molar-refractivity contribution in [1.82, 2.24) is 9.21 Å². The number of sulfonamides is 1. The van der Waals surface area contributed by atoms with Gasteiger partial charge in [0.25, 0.3) is 0 Å². The molecule has 3 rings (SSSR count). The molecule has 7 nitrogen and oxygen atoms in total. The summed E-state index contributed by atoms with van der Waals surface area (Å²) < 4.78 is 26.7. The van der Waals surface area contributed by atoms with Crippen LogP contribution in [0.1, 0.15) is 12.5 Å². The van der Waals surface area contributed by atoms with Crippen molar-refractivity contribution in [3.8, 4) is 0 Å². The summed E-state index contributed by atoms with van der Waals surface area (Å²) in [6, 6.07) is 4.81. The standard InChI is InChI=1S/C15H19N3O4S/c1-11(19)18-6-5-12-9-13(3-4-14(12)18)23(21,22)17-8-7-16(2)15(20)10-17/h3-4,9H,5-8,10H2,1-2H3. The van der Waals surface area contributed by atoms with Crippen LogP contribution in [0.4, 0.5) is 5.69 Å². The molecule has 1 aromatic carbocycles. The van der Waals surface area contributed by atoms with Crippen molar-refractivity contribution in [3.63, 3.8) is 0 Å². The molecule has 2 aliphatic heterocycles.